The van der Waals surface area contributed by atoms with Crippen LogP contribution < -0.4 is 9.30 Å². The van der Waals surface area contributed by atoms with Crippen LogP contribution in [0.4, 0.5) is 0 Å². The largest absolute Gasteiger partial charge is 0.510 e. The first kappa shape index (κ1) is 39.5. The summed E-state index contributed by atoms with van der Waals surface area (Å²) in [4.78, 5) is 4.86. The van der Waals surface area contributed by atoms with Crippen LogP contribution in [0, 0.1) is 18.5 Å². The molecule has 3 aromatic heterocycles. The molecule has 310 valence electrons. The quantitative estimate of drug-likeness (QED) is 0.127. The third kappa shape index (κ3) is 6.42. The molecule has 0 unspecified atom stereocenters. The Labute approximate surface area is 386 Å². The molecule has 6 heteroatoms. The van der Waals surface area contributed by atoms with Crippen LogP contribution in [0.2, 0.25) is 0 Å². The van der Waals surface area contributed by atoms with Crippen molar-refractivity contribution in [2.45, 2.75) is 26.2 Å². The van der Waals surface area contributed by atoms with E-state index in [2.05, 4.69) is 217 Å². The van der Waals surface area contributed by atoms with Crippen LogP contribution in [0.5, 0.6) is 11.5 Å². The van der Waals surface area contributed by atoms with Gasteiger partial charge in [0.1, 0.15) is 5.82 Å². The molecule has 0 amide bonds. The van der Waals surface area contributed by atoms with E-state index >= 15 is 0 Å². The maximum atomic E-state index is 6.69. The number of imidazole rings is 1. The fourth-order valence-electron chi connectivity index (χ4n) is 9.40. The summed E-state index contributed by atoms with van der Waals surface area (Å²) in [5.74, 6) is 2.01. The summed E-state index contributed by atoms with van der Waals surface area (Å²) in [5.41, 5.74) is 16.3. The molecule has 12 rings (SSSR count). The maximum absolute atomic E-state index is 6.69. The van der Waals surface area contributed by atoms with Crippen molar-refractivity contribution >= 4 is 32.8 Å². The van der Waals surface area contributed by atoms with E-state index in [4.69, 9.17) is 9.72 Å². The first-order valence-corrected chi connectivity index (χ1v) is 21.4. The van der Waals surface area contributed by atoms with E-state index in [9.17, 15) is 0 Å². The summed E-state index contributed by atoms with van der Waals surface area (Å²) in [6.45, 7) is 6.68. The summed E-state index contributed by atoms with van der Waals surface area (Å²) < 4.78 is 13.3. The van der Waals surface area contributed by atoms with E-state index in [0.717, 1.165) is 77.8 Å². The number of hydrogen-bond acceptors (Lipinski definition) is 2. The van der Waals surface area contributed by atoms with Gasteiger partial charge in [0, 0.05) is 44.3 Å². The number of ether oxygens (including phenoxy) is 1. The van der Waals surface area contributed by atoms with Crippen LogP contribution in [0.1, 0.15) is 26.3 Å². The van der Waals surface area contributed by atoms with Crippen molar-refractivity contribution in [3.63, 3.8) is 0 Å². The number of rotatable bonds is 5. The van der Waals surface area contributed by atoms with Crippen molar-refractivity contribution in [1.29, 1.82) is 0 Å². The molecule has 0 atom stereocenters. The van der Waals surface area contributed by atoms with Crippen molar-refractivity contribution in [2.75, 3.05) is 0 Å². The molecule has 1 aliphatic heterocycles. The minimum atomic E-state index is -0.0302. The Hall–Kier alpha value is -7.33. The molecule has 1 aliphatic rings. The maximum Gasteiger partial charge on any atom is 0.268 e. The Morgan fingerprint density at radius 3 is 1.92 bits per heavy atom. The van der Waals surface area contributed by atoms with Crippen LogP contribution in [0.15, 0.2) is 188 Å². The normalized spacial score (nSPS) is 11.9. The fraction of sp³-hybridized carbons (Fsp3) is 0.0690. The molecule has 0 saturated carbocycles. The zero-order valence-electron chi connectivity index (χ0n) is 35.4. The van der Waals surface area contributed by atoms with E-state index in [-0.39, 0.29) is 26.5 Å². The van der Waals surface area contributed by atoms with Gasteiger partial charge in [-0.15, -0.1) is 29.7 Å². The molecule has 0 fully saturated rings. The van der Waals surface area contributed by atoms with Crippen LogP contribution in [-0.2, 0) is 26.5 Å². The number of hydrogen-bond donors (Lipinski definition) is 0. The van der Waals surface area contributed by atoms with Gasteiger partial charge in [-0.25, -0.2) is 4.98 Å². The number of pyridine rings is 1. The molecule has 0 radical (unpaired) electrons. The zero-order valence-corrected chi connectivity index (χ0v) is 37.7. The summed E-state index contributed by atoms with van der Waals surface area (Å²) >= 11 is 0. The van der Waals surface area contributed by atoms with E-state index < -0.39 is 0 Å². The van der Waals surface area contributed by atoms with Gasteiger partial charge in [-0.3, -0.25) is 4.57 Å². The van der Waals surface area contributed by atoms with Gasteiger partial charge in [-0.1, -0.05) is 160 Å². The average molecular weight is 1000 g/mol. The summed E-state index contributed by atoms with van der Waals surface area (Å²) in [6, 6.07) is 71.5. The van der Waals surface area contributed by atoms with Crippen LogP contribution in [-0.4, -0.2) is 14.1 Å². The molecule has 0 bridgehead atoms. The third-order valence-electron chi connectivity index (χ3n) is 12.4. The molecule has 0 aliphatic carbocycles. The van der Waals surface area contributed by atoms with E-state index in [1.165, 1.54) is 22.3 Å². The Kier molecular flexibility index (Phi) is 9.56. The Morgan fingerprint density at radius 2 is 1.14 bits per heavy atom. The van der Waals surface area contributed by atoms with Gasteiger partial charge >= 0.3 is 0 Å². The molecule has 0 spiro atoms. The molecule has 8 aromatic carbocycles. The Bertz CT molecular complexity index is 3600. The van der Waals surface area contributed by atoms with Gasteiger partial charge < -0.3 is 13.9 Å². The van der Waals surface area contributed by atoms with Crippen LogP contribution in [0.25, 0.3) is 94.5 Å². The van der Waals surface area contributed by atoms with E-state index in [0.29, 0.717) is 11.5 Å². The van der Waals surface area contributed by atoms with Crippen molar-refractivity contribution in [3.05, 3.63) is 212 Å². The average Bonchev–Trinajstić information content (AvgIpc) is 3.88. The van der Waals surface area contributed by atoms with Gasteiger partial charge in [0.25, 0.3) is 6.33 Å². The van der Waals surface area contributed by atoms with Gasteiger partial charge in [-0.2, -0.15) is 18.2 Å². The van der Waals surface area contributed by atoms with Crippen molar-refractivity contribution in [3.8, 4) is 73.2 Å². The van der Waals surface area contributed by atoms with E-state index in [1.807, 2.05) is 24.4 Å². The van der Waals surface area contributed by atoms with Gasteiger partial charge in [-0.05, 0) is 84.8 Å². The van der Waals surface area contributed by atoms with Crippen molar-refractivity contribution in [1.82, 2.24) is 14.1 Å². The number of fused-ring (bicyclic) bond motifs is 10. The van der Waals surface area contributed by atoms with Crippen LogP contribution >= 0.6 is 0 Å². The molecule has 0 saturated heterocycles. The fourth-order valence-corrected chi connectivity index (χ4v) is 9.40. The minimum absolute atomic E-state index is 0. The predicted octanol–water partition coefficient (Wildman–Crippen LogP) is 13.9. The van der Waals surface area contributed by atoms with Crippen molar-refractivity contribution in [2.24, 2.45) is 0 Å². The first-order valence-electron chi connectivity index (χ1n) is 21.4. The number of nitrogens with zero attached hydrogens (tertiary/aromatic N) is 4. The molecule has 5 nitrogen and oxygen atoms in total. The number of para-hydroxylation sites is 3. The van der Waals surface area contributed by atoms with Gasteiger partial charge in [0.15, 0.2) is 0 Å². The second kappa shape index (κ2) is 15.5. The molecular weight excluding hydrogens is 964 g/mol. The molecule has 11 aromatic rings. The van der Waals surface area contributed by atoms with Crippen LogP contribution in [0.3, 0.4) is 0 Å². The monoisotopic (exact) mass is 1000 g/mol. The smallest absolute Gasteiger partial charge is 0.268 e. The number of aromatic nitrogens is 4. The predicted molar refractivity (Wildman–Crippen MR) is 254 cm³/mol. The second-order valence-corrected chi connectivity index (χ2v) is 17.2. The second-order valence-electron chi connectivity index (χ2n) is 17.2. The summed E-state index contributed by atoms with van der Waals surface area (Å²) in [5, 5.41) is 2.22. The summed E-state index contributed by atoms with van der Waals surface area (Å²) in [6.07, 6.45) is 5.77. The summed E-state index contributed by atoms with van der Waals surface area (Å²) in [7, 11) is 0. The SMILES string of the molecule is CC(C)(C)c1ccnc(-n2c3[c-]c(Oc4[c-]c(-n5[c-][n+]6c7c(cccc75)-c5ccccc5-c5ccccc5-c5cccc(-c7ccccc7)c5-6)ccc4)ccc3c3ccccc32)c1.[Pt]. The first-order chi connectivity index (χ1) is 30.9. The molecule has 0 N–H and O–H groups in total. The molecular formula is C58H40N4OPt-2. The number of benzene rings is 8. The van der Waals surface area contributed by atoms with Gasteiger partial charge in [0.2, 0.25) is 0 Å². The standard InChI is InChI=1S/C58H40N4O.Pt/c1-58(2,3)39-32-33-59-55(34-39)62-52-28-12-11-24-48(52)49-31-30-42(36-54(49)62)63-41-19-13-18-40(35-41)60-37-61-56-43(38-16-5-4-6-17-38)25-14-26-50(56)46-22-9-7-20-44(46)45-21-8-10-23-47(45)51-27-15-29-53(60)57(51)61;/h4-34H,1-3H3;/q-2;. The van der Waals surface area contributed by atoms with E-state index in [1.54, 1.807) is 0 Å². The van der Waals surface area contributed by atoms with Crippen molar-refractivity contribution < 1.29 is 30.4 Å². The minimum Gasteiger partial charge on any atom is -0.510 e. The zero-order chi connectivity index (χ0) is 42.2. The molecule has 64 heavy (non-hydrogen) atoms. The topological polar surface area (TPSA) is 35.9 Å². The van der Waals surface area contributed by atoms with Gasteiger partial charge in [0.05, 0.1) is 16.7 Å². The molecule has 4 heterocycles. The Balaban J connectivity index is 0.00000456. The third-order valence-corrected chi connectivity index (χ3v) is 12.4. The Morgan fingerprint density at radius 1 is 0.531 bits per heavy atom.